The average Bonchev–Trinajstić information content (AvgIpc) is 2.68. The summed E-state index contributed by atoms with van der Waals surface area (Å²) in [6.07, 6.45) is 2.82. The van der Waals surface area contributed by atoms with Crippen molar-refractivity contribution in [1.82, 2.24) is 0 Å². The summed E-state index contributed by atoms with van der Waals surface area (Å²) in [4.78, 5) is 36.2. The van der Waals surface area contributed by atoms with E-state index in [0.717, 1.165) is 24.8 Å². The van der Waals surface area contributed by atoms with E-state index in [-0.39, 0.29) is 18.9 Å². The molecular weight excluding hydrogens is 360 g/mol. The van der Waals surface area contributed by atoms with Crippen LogP contribution in [0.25, 0.3) is 0 Å². The number of hydrogen-bond acceptors (Lipinski definition) is 4. The Labute approximate surface area is 166 Å². The lowest BCUT2D eigenvalue weighted by atomic mass is 9.70. The van der Waals surface area contributed by atoms with Gasteiger partial charge >= 0.3 is 17.9 Å². The molecular formula is C22H30O6. The summed E-state index contributed by atoms with van der Waals surface area (Å²) in [5.41, 5.74) is -1.59. The van der Waals surface area contributed by atoms with Crippen LogP contribution in [0.3, 0.4) is 0 Å². The molecule has 0 saturated heterocycles. The number of carboxylic acids is 2. The molecule has 0 aliphatic carbocycles. The third kappa shape index (κ3) is 6.51. The number of unbranched alkanes of at least 4 members (excludes halogenated alkanes) is 1. The van der Waals surface area contributed by atoms with Crippen molar-refractivity contribution in [3.63, 3.8) is 0 Å². The molecule has 28 heavy (non-hydrogen) atoms. The zero-order valence-electron chi connectivity index (χ0n) is 16.6. The first-order chi connectivity index (χ1) is 13.3. The van der Waals surface area contributed by atoms with Gasteiger partial charge in [0.2, 0.25) is 0 Å². The van der Waals surface area contributed by atoms with Gasteiger partial charge in [0, 0.05) is 5.57 Å². The molecule has 2 atom stereocenters. The van der Waals surface area contributed by atoms with E-state index in [1.165, 1.54) is 0 Å². The monoisotopic (exact) mass is 390 g/mol. The zero-order chi connectivity index (χ0) is 21.2. The van der Waals surface area contributed by atoms with Gasteiger partial charge < -0.3 is 14.9 Å². The number of ether oxygens (including phenoxy) is 1. The molecule has 6 heteroatoms. The number of aliphatic carboxylic acids is 2. The Morgan fingerprint density at radius 3 is 2.29 bits per heavy atom. The lowest BCUT2D eigenvalue weighted by Gasteiger charge is -2.32. The highest BCUT2D eigenvalue weighted by Crippen LogP contribution is 2.40. The molecule has 154 valence electrons. The lowest BCUT2D eigenvalue weighted by molar-refractivity contribution is -0.159. The largest absolute Gasteiger partial charge is 0.481 e. The van der Waals surface area contributed by atoms with Crippen LogP contribution in [-0.2, 0) is 25.7 Å². The molecule has 0 amide bonds. The Morgan fingerprint density at radius 1 is 1.14 bits per heavy atom. The van der Waals surface area contributed by atoms with Crippen molar-refractivity contribution in [1.29, 1.82) is 0 Å². The Balaban J connectivity index is 3.03. The van der Waals surface area contributed by atoms with Gasteiger partial charge in [0.05, 0.1) is 6.42 Å². The molecule has 2 unspecified atom stereocenters. The topological polar surface area (TPSA) is 101 Å². The number of carbonyl (C=O) groups is 3. The Kier molecular flexibility index (Phi) is 9.42. The standard InChI is InChI=1S/C22H30O6/c1-4-6-10-17(5-2)13-22(21(26)27,16(3)20(24)25)14-19(23)28-15-18-11-8-7-9-12-18/h7-9,11-12,17H,3-6,10,13-15H2,1-2H3,(H,24,25)(H,26,27). The predicted octanol–water partition coefficient (Wildman–Crippen LogP) is 4.44. The fourth-order valence-electron chi connectivity index (χ4n) is 3.27. The number of carboxylic acid groups (broad SMARTS) is 2. The van der Waals surface area contributed by atoms with Crippen LogP contribution in [0, 0.1) is 11.3 Å². The number of hydrogen-bond donors (Lipinski definition) is 2. The summed E-state index contributed by atoms with van der Waals surface area (Å²) in [6, 6.07) is 9.00. The highest BCUT2D eigenvalue weighted by Gasteiger charge is 2.47. The Hall–Kier alpha value is -2.63. The molecule has 0 spiro atoms. The maximum Gasteiger partial charge on any atom is 0.332 e. The van der Waals surface area contributed by atoms with E-state index in [9.17, 15) is 24.6 Å². The molecule has 0 aromatic heterocycles. The molecule has 0 aliphatic heterocycles. The van der Waals surface area contributed by atoms with Crippen molar-refractivity contribution < 1.29 is 29.3 Å². The fourth-order valence-corrected chi connectivity index (χ4v) is 3.27. The highest BCUT2D eigenvalue weighted by atomic mass is 16.5. The van der Waals surface area contributed by atoms with Gasteiger partial charge in [0.25, 0.3) is 0 Å². The summed E-state index contributed by atoms with van der Waals surface area (Å²) >= 11 is 0. The third-order valence-corrected chi connectivity index (χ3v) is 5.11. The minimum absolute atomic E-state index is 0.00195. The summed E-state index contributed by atoms with van der Waals surface area (Å²) in [5.74, 6) is -3.54. The molecule has 0 aliphatic rings. The van der Waals surface area contributed by atoms with E-state index >= 15 is 0 Å². The molecule has 6 nitrogen and oxygen atoms in total. The van der Waals surface area contributed by atoms with Crippen LogP contribution in [0.2, 0.25) is 0 Å². The lowest BCUT2D eigenvalue weighted by Crippen LogP contribution is -2.40. The average molecular weight is 390 g/mol. The maximum atomic E-state index is 12.4. The van der Waals surface area contributed by atoms with Crippen LogP contribution in [0.15, 0.2) is 42.5 Å². The van der Waals surface area contributed by atoms with Crippen molar-refractivity contribution in [2.45, 2.75) is 59.0 Å². The molecule has 0 heterocycles. The minimum atomic E-state index is -1.88. The van der Waals surface area contributed by atoms with E-state index < -0.39 is 35.3 Å². The molecule has 2 N–H and O–H groups in total. The summed E-state index contributed by atoms with van der Waals surface area (Å²) in [7, 11) is 0. The van der Waals surface area contributed by atoms with Gasteiger partial charge in [-0.3, -0.25) is 9.59 Å². The first-order valence-corrected chi connectivity index (χ1v) is 9.62. The number of benzene rings is 1. The van der Waals surface area contributed by atoms with Crippen LogP contribution >= 0.6 is 0 Å². The van der Waals surface area contributed by atoms with Gasteiger partial charge in [-0.1, -0.05) is 76.4 Å². The second kappa shape index (κ2) is 11.3. The van der Waals surface area contributed by atoms with E-state index in [1.54, 1.807) is 24.3 Å². The first kappa shape index (κ1) is 23.4. The quantitative estimate of drug-likeness (QED) is 0.381. The van der Waals surface area contributed by atoms with Crippen LogP contribution in [-0.4, -0.2) is 28.1 Å². The number of carbonyl (C=O) groups excluding carboxylic acids is 1. The highest BCUT2D eigenvalue weighted by molar-refractivity contribution is 5.98. The van der Waals surface area contributed by atoms with Gasteiger partial charge in [-0.15, -0.1) is 0 Å². The number of esters is 1. The molecule has 0 bridgehead atoms. The number of rotatable bonds is 13. The van der Waals surface area contributed by atoms with E-state index in [0.29, 0.717) is 6.42 Å². The van der Waals surface area contributed by atoms with E-state index in [1.807, 2.05) is 19.9 Å². The van der Waals surface area contributed by atoms with Crippen molar-refractivity contribution in [2.75, 3.05) is 0 Å². The van der Waals surface area contributed by atoms with Gasteiger partial charge in [-0.25, -0.2) is 4.79 Å². The van der Waals surface area contributed by atoms with Crippen molar-refractivity contribution in [3.8, 4) is 0 Å². The summed E-state index contributed by atoms with van der Waals surface area (Å²) < 4.78 is 5.22. The third-order valence-electron chi connectivity index (χ3n) is 5.11. The molecule has 0 radical (unpaired) electrons. The molecule has 1 aromatic rings. The smallest absolute Gasteiger partial charge is 0.332 e. The normalized spacial score (nSPS) is 13.9. The zero-order valence-corrected chi connectivity index (χ0v) is 16.6. The van der Waals surface area contributed by atoms with Crippen LogP contribution in [0.4, 0.5) is 0 Å². The SMILES string of the molecule is C=C(C(=O)O)C(CC(=O)OCc1ccccc1)(CC(CC)CCCC)C(=O)O. The van der Waals surface area contributed by atoms with Gasteiger partial charge in [-0.05, 0) is 17.9 Å². The van der Waals surface area contributed by atoms with Gasteiger partial charge in [0.15, 0.2) is 0 Å². The molecule has 1 aromatic carbocycles. The predicted molar refractivity (Wildman–Crippen MR) is 106 cm³/mol. The summed E-state index contributed by atoms with van der Waals surface area (Å²) in [6.45, 7) is 7.47. The van der Waals surface area contributed by atoms with E-state index in [4.69, 9.17) is 4.74 Å². The Morgan fingerprint density at radius 2 is 1.79 bits per heavy atom. The van der Waals surface area contributed by atoms with Crippen LogP contribution < -0.4 is 0 Å². The minimum Gasteiger partial charge on any atom is -0.481 e. The summed E-state index contributed by atoms with van der Waals surface area (Å²) in [5, 5.41) is 19.3. The molecule has 1 rings (SSSR count). The second-order valence-corrected chi connectivity index (χ2v) is 7.11. The van der Waals surface area contributed by atoms with Crippen molar-refractivity contribution >= 4 is 17.9 Å². The van der Waals surface area contributed by atoms with Gasteiger partial charge in [0.1, 0.15) is 12.0 Å². The van der Waals surface area contributed by atoms with Crippen molar-refractivity contribution in [2.24, 2.45) is 11.3 Å². The maximum absolute atomic E-state index is 12.4. The second-order valence-electron chi connectivity index (χ2n) is 7.11. The van der Waals surface area contributed by atoms with Gasteiger partial charge in [-0.2, -0.15) is 0 Å². The first-order valence-electron chi connectivity index (χ1n) is 9.62. The molecule has 0 fully saturated rings. The van der Waals surface area contributed by atoms with Crippen LogP contribution in [0.1, 0.15) is 57.9 Å². The Bertz CT molecular complexity index is 682. The van der Waals surface area contributed by atoms with Crippen LogP contribution in [0.5, 0.6) is 0 Å². The fraction of sp³-hybridized carbons (Fsp3) is 0.500. The van der Waals surface area contributed by atoms with E-state index in [2.05, 4.69) is 6.58 Å². The molecule has 0 saturated carbocycles. The van der Waals surface area contributed by atoms with Crippen molar-refractivity contribution in [3.05, 3.63) is 48.0 Å².